The van der Waals surface area contributed by atoms with Gasteiger partial charge in [-0.2, -0.15) is 0 Å². The summed E-state index contributed by atoms with van der Waals surface area (Å²) in [5, 5.41) is 5.83. The summed E-state index contributed by atoms with van der Waals surface area (Å²) in [6.07, 6.45) is 7.79. The van der Waals surface area contributed by atoms with Gasteiger partial charge in [0.1, 0.15) is 0 Å². The molecule has 4 aliphatic carbocycles. The lowest BCUT2D eigenvalue weighted by molar-refractivity contribution is -0.148. The number of para-hydroxylation sites is 1. The fourth-order valence-corrected chi connectivity index (χ4v) is 6.45. The lowest BCUT2D eigenvalue weighted by Gasteiger charge is -2.55. The van der Waals surface area contributed by atoms with Crippen molar-refractivity contribution >= 4 is 23.5 Å². The Labute approximate surface area is 184 Å². The zero-order valence-electron chi connectivity index (χ0n) is 18.7. The second-order valence-electron chi connectivity index (χ2n) is 9.88. The maximum atomic E-state index is 12.9. The van der Waals surface area contributed by atoms with Crippen molar-refractivity contribution in [3.63, 3.8) is 0 Å². The first-order valence-electron chi connectivity index (χ1n) is 11.7. The molecule has 0 aromatic heterocycles. The molecule has 2 N–H and O–H groups in total. The van der Waals surface area contributed by atoms with Crippen LogP contribution in [0.3, 0.4) is 0 Å². The molecule has 4 saturated carbocycles. The van der Waals surface area contributed by atoms with Crippen molar-refractivity contribution in [2.75, 3.05) is 18.5 Å². The third-order valence-corrected chi connectivity index (χ3v) is 7.50. The molecule has 6 heteroatoms. The van der Waals surface area contributed by atoms with E-state index in [-0.39, 0.29) is 36.8 Å². The van der Waals surface area contributed by atoms with Crippen LogP contribution >= 0.6 is 0 Å². The fourth-order valence-electron chi connectivity index (χ4n) is 6.45. The largest absolute Gasteiger partial charge is 0.456 e. The van der Waals surface area contributed by atoms with E-state index < -0.39 is 5.97 Å². The highest BCUT2D eigenvalue weighted by molar-refractivity contribution is 5.94. The van der Waals surface area contributed by atoms with Crippen LogP contribution in [0.25, 0.3) is 0 Å². The molecule has 6 nitrogen and oxygen atoms in total. The van der Waals surface area contributed by atoms with Crippen LogP contribution in [-0.4, -0.2) is 30.9 Å². The minimum atomic E-state index is -0.471. The van der Waals surface area contributed by atoms with Crippen LogP contribution in [0.2, 0.25) is 0 Å². The molecule has 0 atom stereocenters. The van der Waals surface area contributed by atoms with Gasteiger partial charge in [-0.15, -0.1) is 0 Å². The zero-order valence-corrected chi connectivity index (χ0v) is 18.7. The fraction of sp³-hybridized carbons (Fsp3) is 0.640. The normalized spacial score (nSPS) is 28.3. The average Bonchev–Trinajstić information content (AvgIpc) is 2.72. The molecular weight excluding hydrogens is 392 g/mol. The van der Waals surface area contributed by atoms with Crippen LogP contribution in [-0.2, 0) is 25.5 Å². The minimum absolute atomic E-state index is 0.0793. The molecule has 0 unspecified atom stereocenters. The number of hydrogen-bond donors (Lipinski definition) is 2. The molecule has 0 spiro atoms. The number of nitrogens with one attached hydrogen (secondary N) is 2. The van der Waals surface area contributed by atoms with Crippen molar-refractivity contribution < 1.29 is 19.1 Å². The lowest BCUT2D eigenvalue weighted by Crippen LogP contribution is -2.53. The van der Waals surface area contributed by atoms with Crippen LogP contribution in [0.5, 0.6) is 0 Å². The van der Waals surface area contributed by atoms with Crippen molar-refractivity contribution in [3.05, 3.63) is 29.3 Å². The van der Waals surface area contributed by atoms with Gasteiger partial charge in [-0.3, -0.25) is 14.4 Å². The number of anilines is 1. The van der Waals surface area contributed by atoms with Gasteiger partial charge in [0.15, 0.2) is 6.61 Å². The predicted molar refractivity (Wildman–Crippen MR) is 118 cm³/mol. The number of rotatable bonds is 8. The molecule has 4 aliphatic rings. The first kappa shape index (κ1) is 21.8. The van der Waals surface area contributed by atoms with E-state index in [9.17, 15) is 14.4 Å². The van der Waals surface area contributed by atoms with Crippen molar-refractivity contribution in [3.8, 4) is 0 Å². The number of ether oxygens (including phenoxy) is 1. The molecule has 4 fully saturated rings. The summed E-state index contributed by atoms with van der Waals surface area (Å²) in [5.41, 5.74) is 2.61. The van der Waals surface area contributed by atoms with E-state index in [0.717, 1.165) is 42.5 Å². The topological polar surface area (TPSA) is 84.5 Å². The van der Waals surface area contributed by atoms with E-state index in [4.69, 9.17) is 4.74 Å². The van der Waals surface area contributed by atoms with Gasteiger partial charge < -0.3 is 15.4 Å². The molecule has 0 heterocycles. The van der Waals surface area contributed by atoms with Crippen molar-refractivity contribution in [2.24, 2.45) is 23.2 Å². The van der Waals surface area contributed by atoms with E-state index in [1.165, 1.54) is 19.3 Å². The summed E-state index contributed by atoms with van der Waals surface area (Å²) >= 11 is 0. The Morgan fingerprint density at radius 3 is 2.32 bits per heavy atom. The number of carbonyl (C=O) groups excluding carboxylic acids is 3. The predicted octanol–water partition coefficient (Wildman–Crippen LogP) is 3.76. The monoisotopic (exact) mass is 426 g/mol. The highest BCUT2D eigenvalue weighted by Crippen LogP contribution is 2.60. The van der Waals surface area contributed by atoms with Crippen molar-refractivity contribution in [1.82, 2.24) is 5.32 Å². The Morgan fingerprint density at radius 2 is 1.71 bits per heavy atom. The number of amides is 2. The average molecular weight is 427 g/mol. The Balaban J connectivity index is 1.19. The standard InChI is InChI=1S/C25H34N2O4/c1-3-20-6-4-5-16(2)23(20)27-21(28)15-31-22(29)7-8-26-24(30)25-12-17-9-18(13-25)11-19(10-17)14-25/h4-6,17-19H,3,7-15H2,1-2H3,(H,26,30)(H,27,28). The molecule has 2 amide bonds. The van der Waals surface area contributed by atoms with Crippen LogP contribution in [0, 0.1) is 30.1 Å². The Hall–Kier alpha value is -2.37. The number of hydrogen-bond acceptors (Lipinski definition) is 4. The van der Waals surface area contributed by atoms with Gasteiger partial charge in [-0.1, -0.05) is 25.1 Å². The Kier molecular flexibility index (Phi) is 6.35. The Bertz CT molecular complexity index is 828. The summed E-state index contributed by atoms with van der Waals surface area (Å²) in [5.74, 6) is 1.42. The van der Waals surface area contributed by atoms with E-state index >= 15 is 0 Å². The summed E-state index contributed by atoms with van der Waals surface area (Å²) in [6.45, 7) is 3.91. The quantitative estimate of drug-likeness (QED) is 0.620. The first-order chi connectivity index (χ1) is 14.9. The van der Waals surface area contributed by atoms with Gasteiger partial charge in [-0.05, 0) is 80.8 Å². The number of aryl methyl sites for hydroxylation is 2. The summed E-state index contributed by atoms with van der Waals surface area (Å²) in [6, 6.07) is 5.87. The Morgan fingerprint density at radius 1 is 1.06 bits per heavy atom. The highest BCUT2D eigenvalue weighted by Gasteiger charge is 2.54. The van der Waals surface area contributed by atoms with Gasteiger partial charge in [0.2, 0.25) is 5.91 Å². The molecule has 4 bridgehead atoms. The SMILES string of the molecule is CCc1cccc(C)c1NC(=O)COC(=O)CCNC(=O)C12CC3CC(CC(C3)C1)C2. The van der Waals surface area contributed by atoms with E-state index in [1.54, 1.807) is 0 Å². The van der Waals surface area contributed by atoms with Gasteiger partial charge in [0.05, 0.1) is 6.42 Å². The molecule has 168 valence electrons. The lowest BCUT2D eigenvalue weighted by atomic mass is 9.49. The molecular formula is C25H34N2O4. The summed E-state index contributed by atoms with van der Waals surface area (Å²) in [7, 11) is 0. The van der Waals surface area contributed by atoms with Crippen molar-refractivity contribution in [1.29, 1.82) is 0 Å². The van der Waals surface area contributed by atoms with Crippen LogP contribution in [0.15, 0.2) is 18.2 Å². The molecule has 1 aromatic carbocycles. The van der Waals surface area contributed by atoms with Crippen LogP contribution in [0.4, 0.5) is 5.69 Å². The zero-order chi connectivity index (χ0) is 22.0. The molecule has 31 heavy (non-hydrogen) atoms. The maximum Gasteiger partial charge on any atom is 0.308 e. The van der Waals surface area contributed by atoms with E-state index in [1.807, 2.05) is 32.0 Å². The second-order valence-corrected chi connectivity index (χ2v) is 9.88. The van der Waals surface area contributed by atoms with Crippen LogP contribution < -0.4 is 10.6 Å². The first-order valence-corrected chi connectivity index (χ1v) is 11.7. The van der Waals surface area contributed by atoms with Crippen molar-refractivity contribution in [2.45, 2.75) is 65.2 Å². The molecule has 5 rings (SSSR count). The molecule has 1 aromatic rings. The maximum absolute atomic E-state index is 12.9. The third-order valence-electron chi connectivity index (χ3n) is 7.50. The molecule has 0 aliphatic heterocycles. The van der Waals surface area contributed by atoms with Gasteiger partial charge in [0.25, 0.3) is 5.91 Å². The third kappa shape index (κ3) is 4.78. The number of esters is 1. The minimum Gasteiger partial charge on any atom is -0.456 e. The summed E-state index contributed by atoms with van der Waals surface area (Å²) < 4.78 is 5.12. The van der Waals surface area contributed by atoms with Gasteiger partial charge in [-0.25, -0.2) is 0 Å². The van der Waals surface area contributed by atoms with E-state index in [2.05, 4.69) is 10.6 Å². The van der Waals surface area contributed by atoms with Gasteiger partial charge >= 0.3 is 5.97 Å². The molecule has 0 radical (unpaired) electrons. The number of carbonyl (C=O) groups is 3. The summed E-state index contributed by atoms with van der Waals surface area (Å²) in [4.78, 5) is 37.2. The second kappa shape index (κ2) is 9.01. The number of benzene rings is 1. The van der Waals surface area contributed by atoms with Crippen LogP contribution in [0.1, 0.15) is 63.0 Å². The highest BCUT2D eigenvalue weighted by atomic mass is 16.5. The smallest absolute Gasteiger partial charge is 0.308 e. The van der Waals surface area contributed by atoms with Gasteiger partial charge in [0, 0.05) is 17.6 Å². The molecule has 0 saturated heterocycles. The van der Waals surface area contributed by atoms with E-state index in [0.29, 0.717) is 17.8 Å².